The summed E-state index contributed by atoms with van der Waals surface area (Å²) in [6, 6.07) is 6.44. The maximum absolute atomic E-state index is 10.0. The standard InChI is InChI=1S/C18H31O3P2/c1-12(2)22(13(3)4)20-17-9-16(19)10-18(11-17)21-23(14(5)6)15(7)8/h9-10,12-15,19H,1-8H3. The van der Waals surface area contributed by atoms with Crippen molar-refractivity contribution in [2.45, 2.75) is 78.0 Å². The normalized spacial score (nSPS) is 12.3. The van der Waals surface area contributed by atoms with Gasteiger partial charge in [0.2, 0.25) is 0 Å². The average Bonchev–Trinajstić information content (AvgIpc) is 2.40. The van der Waals surface area contributed by atoms with Crippen molar-refractivity contribution in [1.82, 2.24) is 0 Å². The highest BCUT2D eigenvalue weighted by atomic mass is 31.1. The number of hydrogen-bond donors (Lipinski definition) is 1. The predicted molar refractivity (Wildman–Crippen MR) is 103 cm³/mol. The van der Waals surface area contributed by atoms with Crippen molar-refractivity contribution in [2.75, 3.05) is 0 Å². The molecule has 0 amide bonds. The Kier molecular flexibility index (Phi) is 8.11. The van der Waals surface area contributed by atoms with Crippen LogP contribution in [0.15, 0.2) is 12.1 Å². The van der Waals surface area contributed by atoms with Crippen LogP contribution in [0, 0.1) is 6.07 Å². The number of benzene rings is 1. The van der Waals surface area contributed by atoms with Crippen LogP contribution >= 0.6 is 16.3 Å². The number of phenolic OH excluding ortho intramolecular Hbond substituents is 1. The van der Waals surface area contributed by atoms with Crippen LogP contribution in [0.1, 0.15) is 55.4 Å². The molecular formula is C18H31O3P2. The van der Waals surface area contributed by atoms with E-state index in [0.717, 1.165) is 0 Å². The first-order valence-electron chi connectivity index (χ1n) is 8.30. The Morgan fingerprint density at radius 1 is 0.739 bits per heavy atom. The van der Waals surface area contributed by atoms with Gasteiger partial charge in [-0.2, -0.15) is 0 Å². The van der Waals surface area contributed by atoms with E-state index in [0.29, 0.717) is 34.1 Å². The first kappa shape index (κ1) is 20.5. The number of aromatic hydroxyl groups is 1. The van der Waals surface area contributed by atoms with Crippen molar-refractivity contribution in [2.24, 2.45) is 0 Å². The second kappa shape index (κ2) is 9.09. The van der Waals surface area contributed by atoms with E-state index in [2.05, 4.69) is 61.5 Å². The third-order valence-corrected chi connectivity index (χ3v) is 8.13. The Bertz CT molecular complexity index is 431. The predicted octanol–water partition coefficient (Wildman–Crippen LogP) is 6.38. The van der Waals surface area contributed by atoms with Gasteiger partial charge in [0.05, 0.1) is 22.4 Å². The Morgan fingerprint density at radius 3 is 1.30 bits per heavy atom. The third kappa shape index (κ3) is 6.48. The van der Waals surface area contributed by atoms with Crippen LogP contribution in [0.2, 0.25) is 0 Å². The zero-order valence-corrected chi connectivity index (χ0v) is 17.4. The van der Waals surface area contributed by atoms with Crippen LogP contribution in [0.5, 0.6) is 17.2 Å². The lowest BCUT2D eigenvalue weighted by atomic mass is 10.3. The summed E-state index contributed by atoms with van der Waals surface area (Å²) in [5, 5.41) is 10.0. The van der Waals surface area contributed by atoms with E-state index in [1.165, 1.54) is 0 Å². The molecule has 23 heavy (non-hydrogen) atoms. The minimum Gasteiger partial charge on any atom is -0.508 e. The zero-order valence-electron chi connectivity index (χ0n) is 15.6. The first-order chi connectivity index (χ1) is 10.6. The summed E-state index contributed by atoms with van der Waals surface area (Å²) < 4.78 is 12.3. The number of rotatable bonds is 8. The van der Waals surface area contributed by atoms with Crippen LogP contribution in [-0.4, -0.2) is 27.7 Å². The summed E-state index contributed by atoms with van der Waals surface area (Å²) in [7, 11) is -1.24. The maximum atomic E-state index is 10.0. The quantitative estimate of drug-likeness (QED) is 0.549. The Morgan fingerprint density at radius 2 is 1.04 bits per heavy atom. The SMILES string of the molecule is CC(C)P(Oc1[c]c(OP(C(C)C)C(C)C)cc(O)c1)C(C)C. The van der Waals surface area contributed by atoms with Crippen molar-refractivity contribution < 1.29 is 14.2 Å². The molecule has 0 spiro atoms. The Labute approximate surface area is 144 Å². The van der Waals surface area contributed by atoms with Crippen molar-refractivity contribution in [3.05, 3.63) is 18.2 Å². The molecule has 1 rings (SSSR count). The van der Waals surface area contributed by atoms with Gasteiger partial charge in [-0.15, -0.1) is 0 Å². The fourth-order valence-corrected chi connectivity index (χ4v) is 6.32. The van der Waals surface area contributed by atoms with E-state index in [9.17, 15) is 5.11 Å². The molecule has 1 aromatic rings. The van der Waals surface area contributed by atoms with Crippen molar-refractivity contribution >= 4 is 16.3 Å². The summed E-state index contributed by atoms with van der Waals surface area (Å²) in [6.07, 6.45) is 0. The molecule has 0 bridgehead atoms. The van der Waals surface area contributed by atoms with Crippen LogP contribution in [-0.2, 0) is 0 Å². The van der Waals surface area contributed by atoms with Gasteiger partial charge in [0.25, 0.3) is 0 Å². The molecule has 3 nitrogen and oxygen atoms in total. The molecule has 0 fully saturated rings. The topological polar surface area (TPSA) is 38.7 Å². The second-order valence-corrected chi connectivity index (χ2v) is 12.8. The minimum absolute atomic E-state index is 0.165. The molecule has 0 aromatic heterocycles. The average molecular weight is 357 g/mol. The van der Waals surface area contributed by atoms with Gasteiger partial charge in [0.1, 0.15) is 17.2 Å². The molecule has 0 heterocycles. The summed E-state index contributed by atoms with van der Waals surface area (Å²) >= 11 is 0. The lowest BCUT2D eigenvalue weighted by Gasteiger charge is -2.27. The fraction of sp³-hybridized carbons (Fsp3) is 0.667. The Balaban J connectivity index is 2.99. The highest BCUT2D eigenvalue weighted by Crippen LogP contribution is 2.50. The molecule has 0 aliphatic heterocycles. The fourth-order valence-electron chi connectivity index (χ4n) is 2.44. The van der Waals surface area contributed by atoms with Crippen LogP contribution in [0.25, 0.3) is 0 Å². The number of hydrogen-bond acceptors (Lipinski definition) is 3. The lowest BCUT2D eigenvalue weighted by Crippen LogP contribution is -2.09. The third-order valence-electron chi connectivity index (χ3n) is 3.25. The zero-order chi connectivity index (χ0) is 17.7. The summed E-state index contributed by atoms with van der Waals surface area (Å²) in [4.78, 5) is 0. The molecular weight excluding hydrogens is 326 g/mol. The molecule has 0 aliphatic carbocycles. The molecule has 0 saturated heterocycles. The molecule has 1 N–H and O–H groups in total. The van der Waals surface area contributed by atoms with E-state index in [-0.39, 0.29) is 5.75 Å². The van der Waals surface area contributed by atoms with Crippen LogP contribution < -0.4 is 9.05 Å². The van der Waals surface area contributed by atoms with Gasteiger partial charge in [0, 0.05) is 34.8 Å². The van der Waals surface area contributed by atoms with Crippen LogP contribution in [0.3, 0.4) is 0 Å². The van der Waals surface area contributed by atoms with E-state index in [1.807, 2.05) is 0 Å². The van der Waals surface area contributed by atoms with Crippen LogP contribution in [0.4, 0.5) is 0 Å². The van der Waals surface area contributed by atoms with Gasteiger partial charge in [-0.1, -0.05) is 55.4 Å². The highest BCUT2D eigenvalue weighted by molar-refractivity contribution is 7.54. The largest absolute Gasteiger partial charge is 0.508 e. The molecule has 0 unspecified atom stereocenters. The summed E-state index contributed by atoms with van der Waals surface area (Å²) in [6.45, 7) is 17.4. The second-order valence-electron chi connectivity index (χ2n) is 6.84. The van der Waals surface area contributed by atoms with Gasteiger partial charge in [0.15, 0.2) is 0 Å². The van der Waals surface area contributed by atoms with Crippen molar-refractivity contribution in [1.29, 1.82) is 0 Å². The molecule has 0 atom stereocenters. The van der Waals surface area contributed by atoms with Gasteiger partial charge in [-0.25, -0.2) is 0 Å². The number of phenols is 1. The molecule has 131 valence electrons. The first-order valence-corrected chi connectivity index (χ1v) is 11.1. The monoisotopic (exact) mass is 357 g/mol. The van der Waals surface area contributed by atoms with Gasteiger partial charge in [-0.05, 0) is 0 Å². The lowest BCUT2D eigenvalue weighted by molar-refractivity contribution is 0.465. The molecule has 5 heteroatoms. The minimum atomic E-state index is -0.618. The van der Waals surface area contributed by atoms with Gasteiger partial charge >= 0.3 is 0 Å². The highest BCUT2D eigenvalue weighted by Gasteiger charge is 2.23. The van der Waals surface area contributed by atoms with Crippen molar-refractivity contribution in [3.63, 3.8) is 0 Å². The molecule has 1 aromatic carbocycles. The van der Waals surface area contributed by atoms with E-state index < -0.39 is 16.3 Å². The molecule has 0 saturated carbocycles. The van der Waals surface area contributed by atoms with Gasteiger partial charge in [-0.3, -0.25) is 0 Å². The molecule has 0 aliphatic rings. The van der Waals surface area contributed by atoms with Crippen molar-refractivity contribution in [3.8, 4) is 17.2 Å². The van der Waals surface area contributed by atoms with Gasteiger partial charge < -0.3 is 14.2 Å². The van der Waals surface area contributed by atoms with E-state index in [1.54, 1.807) is 12.1 Å². The van der Waals surface area contributed by atoms with E-state index >= 15 is 0 Å². The Hall–Kier alpha value is -0.520. The van der Waals surface area contributed by atoms with E-state index in [4.69, 9.17) is 9.05 Å². The smallest absolute Gasteiger partial charge is 0.138 e. The molecule has 1 radical (unpaired) electrons. The summed E-state index contributed by atoms with van der Waals surface area (Å²) in [5.41, 5.74) is 1.81. The maximum Gasteiger partial charge on any atom is 0.138 e. The summed E-state index contributed by atoms with van der Waals surface area (Å²) in [5.74, 6) is 1.32.